The molecular formula is C20H26N4O2. The molecule has 0 bridgehead atoms. The molecule has 2 heterocycles. The van der Waals surface area contributed by atoms with Crippen molar-refractivity contribution in [1.29, 1.82) is 0 Å². The summed E-state index contributed by atoms with van der Waals surface area (Å²) in [6.45, 7) is 5.94. The van der Waals surface area contributed by atoms with E-state index in [0.29, 0.717) is 13.1 Å². The monoisotopic (exact) mass is 354 g/mol. The highest BCUT2D eigenvalue weighted by Gasteiger charge is 2.35. The topological polar surface area (TPSA) is 67.2 Å². The fourth-order valence-electron chi connectivity index (χ4n) is 3.40. The summed E-state index contributed by atoms with van der Waals surface area (Å²) in [4.78, 5) is 26.7. The van der Waals surface area contributed by atoms with E-state index >= 15 is 0 Å². The summed E-state index contributed by atoms with van der Waals surface area (Å²) in [5.41, 5.74) is 2.07. The minimum absolute atomic E-state index is 0.0237. The van der Waals surface area contributed by atoms with Crippen LogP contribution in [0.5, 0.6) is 0 Å². The zero-order valence-electron chi connectivity index (χ0n) is 15.4. The molecule has 0 aliphatic carbocycles. The fraction of sp³-hybridized carbons (Fsp3) is 0.450. The number of hydrogen-bond donors (Lipinski definition) is 1. The Bertz CT molecular complexity index is 757. The van der Waals surface area contributed by atoms with Crippen LogP contribution in [0, 0.1) is 11.8 Å². The van der Waals surface area contributed by atoms with Gasteiger partial charge in [0.25, 0.3) is 0 Å². The number of carbonyl (C=O) groups excluding carboxylic acids is 2. The van der Waals surface area contributed by atoms with E-state index in [2.05, 4.69) is 24.3 Å². The lowest BCUT2D eigenvalue weighted by Gasteiger charge is -2.20. The maximum atomic E-state index is 12.5. The molecule has 1 N–H and O–H groups in total. The molecule has 1 aromatic heterocycles. The Morgan fingerprint density at radius 1 is 1.35 bits per heavy atom. The molecule has 26 heavy (non-hydrogen) atoms. The summed E-state index contributed by atoms with van der Waals surface area (Å²) in [6, 6.07) is 9.80. The molecule has 0 spiro atoms. The van der Waals surface area contributed by atoms with E-state index < -0.39 is 0 Å². The van der Waals surface area contributed by atoms with Gasteiger partial charge in [0, 0.05) is 44.1 Å². The van der Waals surface area contributed by atoms with Crippen LogP contribution in [0.15, 0.2) is 42.7 Å². The van der Waals surface area contributed by atoms with Crippen LogP contribution in [-0.2, 0) is 22.6 Å². The van der Waals surface area contributed by atoms with Crippen molar-refractivity contribution in [2.24, 2.45) is 11.8 Å². The lowest BCUT2D eigenvalue weighted by atomic mass is 10.1. The Balaban J connectivity index is 1.55. The number of anilines is 1. The zero-order valence-corrected chi connectivity index (χ0v) is 15.4. The summed E-state index contributed by atoms with van der Waals surface area (Å²) in [5, 5.41) is 7.18. The summed E-state index contributed by atoms with van der Waals surface area (Å²) in [7, 11) is 0. The van der Waals surface area contributed by atoms with E-state index in [-0.39, 0.29) is 30.1 Å². The number of para-hydroxylation sites is 1. The molecule has 6 heteroatoms. The number of hydrogen-bond acceptors (Lipinski definition) is 3. The number of aryl methyl sites for hydroxylation is 1. The first-order valence-electron chi connectivity index (χ1n) is 9.22. The Hall–Kier alpha value is -2.63. The lowest BCUT2D eigenvalue weighted by Crippen LogP contribution is -2.36. The molecule has 1 saturated heterocycles. The van der Waals surface area contributed by atoms with Gasteiger partial charge in [0.05, 0.1) is 5.92 Å². The fourth-order valence-corrected chi connectivity index (χ4v) is 3.40. The largest absolute Gasteiger partial charge is 0.355 e. The average molecular weight is 354 g/mol. The van der Waals surface area contributed by atoms with Crippen molar-refractivity contribution in [3.8, 4) is 0 Å². The minimum atomic E-state index is -0.288. The zero-order chi connectivity index (χ0) is 18.5. The highest BCUT2D eigenvalue weighted by Crippen LogP contribution is 2.28. The second kappa shape index (κ2) is 8.17. The third kappa shape index (κ3) is 4.12. The van der Waals surface area contributed by atoms with Gasteiger partial charge in [-0.3, -0.25) is 14.3 Å². The van der Waals surface area contributed by atoms with Crippen molar-refractivity contribution in [1.82, 2.24) is 15.1 Å². The molecule has 1 aromatic carbocycles. The van der Waals surface area contributed by atoms with Gasteiger partial charge in [0.15, 0.2) is 0 Å². The Morgan fingerprint density at radius 3 is 2.88 bits per heavy atom. The number of amides is 2. The van der Waals surface area contributed by atoms with Gasteiger partial charge in [-0.1, -0.05) is 32.0 Å². The summed E-state index contributed by atoms with van der Waals surface area (Å²) >= 11 is 0. The van der Waals surface area contributed by atoms with Crippen LogP contribution in [0.1, 0.15) is 25.8 Å². The predicted octanol–water partition coefficient (Wildman–Crippen LogP) is 2.25. The van der Waals surface area contributed by atoms with Gasteiger partial charge < -0.3 is 10.2 Å². The van der Waals surface area contributed by atoms with Crippen molar-refractivity contribution in [2.75, 3.05) is 18.0 Å². The number of rotatable bonds is 7. The number of aromatic nitrogens is 2. The molecular weight excluding hydrogens is 328 g/mol. The average Bonchev–Trinajstić information content (AvgIpc) is 3.29. The molecule has 1 fully saturated rings. The van der Waals surface area contributed by atoms with Gasteiger partial charge >= 0.3 is 0 Å². The molecule has 0 saturated carbocycles. The van der Waals surface area contributed by atoms with Gasteiger partial charge in [-0.25, -0.2) is 0 Å². The van der Waals surface area contributed by atoms with Gasteiger partial charge in [-0.2, -0.15) is 5.10 Å². The van der Waals surface area contributed by atoms with Crippen molar-refractivity contribution in [3.63, 3.8) is 0 Å². The molecule has 2 aromatic rings. The quantitative estimate of drug-likeness (QED) is 0.829. The van der Waals surface area contributed by atoms with Crippen molar-refractivity contribution >= 4 is 17.5 Å². The lowest BCUT2D eigenvalue weighted by molar-refractivity contribution is -0.126. The number of nitrogens with one attached hydrogen (secondary N) is 1. The maximum absolute atomic E-state index is 12.5. The van der Waals surface area contributed by atoms with Gasteiger partial charge in [-0.05, 0) is 30.0 Å². The van der Waals surface area contributed by atoms with Crippen LogP contribution < -0.4 is 10.2 Å². The Kier molecular flexibility index (Phi) is 5.71. The summed E-state index contributed by atoms with van der Waals surface area (Å²) < 4.78 is 1.86. The van der Waals surface area contributed by atoms with Crippen LogP contribution in [0.25, 0.3) is 0 Å². The van der Waals surface area contributed by atoms with E-state index in [1.807, 2.05) is 41.2 Å². The normalized spacial score (nSPS) is 18.2. The molecule has 1 aliphatic rings. The van der Waals surface area contributed by atoms with Crippen LogP contribution >= 0.6 is 0 Å². The second-order valence-corrected chi connectivity index (χ2v) is 6.97. The predicted molar refractivity (Wildman–Crippen MR) is 101 cm³/mol. The van der Waals surface area contributed by atoms with Crippen LogP contribution in [0.3, 0.4) is 0 Å². The highest BCUT2D eigenvalue weighted by molar-refractivity contribution is 6.00. The number of nitrogens with zero attached hydrogens (tertiary/aromatic N) is 3. The Labute approximate surface area is 154 Å². The first-order valence-corrected chi connectivity index (χ1v) is 9.22. The van der Waals surface area contributed by atoms with Crippen LogP contribution in [0.2, 0.25) is 0 Å². The van der Waals surface area contributed by atoms with Crippen LogP contribution in [0.4, 0.5) is 5.69 Å². The Morgan fingerprint density at radius 2 is 2.15 bits per heavy atom. The van der Waals surface area contributed by atoms with Crippen molar-refractivity contribution < 1.29 is 9.59 Å². The third-order valence-corrected chi connectivity index (χ3v) is 4.84. The van der Waals surface area contributed by atoms with Gasteiger partial charge in [0.1, 0.15) is 0 Å². The first kappa shape index (κ1) is 18.2. The van der Waals surface area contributed by atoms with Crippen LogP contribution in [-0.4, -0.2) is 34.7 Å². The van der Waals surface area contributed by atoms with E-state index in [1.165, 1.54) is 0 Å². The minimum Gasteiger partial charge on any atom is -0.355 e. The van der Waals surface area contributed by atoms with E-state index in [0.717, 1.165) is 24.2 Å². The number of carbonyl (C=O) groups is 2. The van der Waals surface area contributed by atoms with E-state index in [1.54, 1.807) is 11.1 Å². The SMILES string of the molecule is CCc1ccccc1N1CC(C(=O)NCC(C)Cn2cccn2)CC1=O. The molecule has 2 atom stereocenters. The molecule has 0 radical (unpaired) electrons. The molecule has 3 rings (SSSR count). The first-order chi connectivity index (χ1) is 12.6. The molecule has 1 aliphatic heterocycles. The van der Waals surface area contributed by atoms with E-state index in [4.69, 9.17) is 0 Å². The highest BCUT2D eigenvalue weighted by atomic mass is 16.2. The summed E-state index contributed by atoms with van der Waals surface area (Å²) in [5.74, 6) is -0.0324. The molecule has 2 unspecified atom stereocenters. The van der Waals surface area contributed by atoms with Gasteiger partial charge in [0.2, 0.25) is 11.8 Å². The number of benzene rings is 1. The van der Waals surface area contributed by atoms with Gasteiger partial charge in [-0.15, -0.1) is 0 Å². The van der Waals surface area contributed by atoms with Crippen molar-refractivity contribution in [3.05, 3.63) is 48.3 Å². The molecule has 138 valence electrons. The van der Waals surface area contributed by atoms with Crippen molar-refractivity contribution in [2.45, 2.75) is 33.2 Å². The second-order valence-electron chi connectivity index (χ2n) is 6.97. The van der Waals surface area contributed by atoms with E-state index in [9.17, 15) is 9.59 Å². The molecule has 2 amide bonds. The standard InChI is InChI=1S/C20H26N4O2/c1-3-16-7-4-5-8-18(16)24-14-17(11-19(24)25)20(26)21-12-15(2)13-23-10-6-9-22-23/h4-10,15,17H,3,11-14H2,1-2H3,(H,21,26). The molecule has 6 nitrogen and oxygen atoms in total. The maximum Gasteiger partial charge on any atom is 0.227 e. The third-order valence-electron chi connectivity index (χ3n) is 4.84. The smallest absolute Gasteiger partial charge is 0.227 e. The summed E-state index contributed by atoms with van der Waals surface area (Å²) in [6.07, 6.45) is 4.80.